The highest BCUT2D eigenvalue weighted by molar-refractivity contribution is 5.91. The summed E-state index contributed by atoms with van der Waals surface area (Å²) in [7, 11) is 0. The van der Waals surface area contributed by atoms with E-state index in [1.54, 1.807) is 6.08 Å². The van der Waals surface area contributed by atoms with Gasteiger partial charge in [-0.25, -0.2) is 0 Å². The third kappa shape index (κ3) is 5.42. The molecule has 0 bridgehead atoms. The summed E-state index contributed by atoms with van der Waals surface area (Å²) in [4.78, 5) is 31.1. The number of benzene rings is 1. The molecule has 0 radical (unpaired) electrons. The molecule has 2 heterocycles. The minimum absolute atomic E-state index is 0.0474. The van der Waals surface area contributed by atoms with E-state index in [0.29, 0.717) is 25.7 Å². The van der Waals surface area contributed by atoms with Crippen molar-refractivity contribution in [2.24, 2.45) is 0 Å². The number of piperidine rings is 1. The number of amides is 2. The Morgan fingerprint density at radius 3 is 2.41 bits per heavy atom. The number of hydrogen-bond acceptors (Lipinski definition) is 3. The summed E-state index contributed by atoms with van der Waals surface area (Å²) in [5.74, 6) is 0.285. The van der Waals surface area contributed by atoms with E-state index >= 15 is 0 Å². The molecule has 0 aromatic heterocycles. The highest BCUT2D eigenvalue weighted by Gasteiger charge is 2.26. The zero-order valence-electron chi connectivity index (χ0n) is 16.6. The predicted octanol–water partition coefficient (Wildman–Crippen LogP) is 2.55. The Balaban J connectivity index is 1.44. The van der Waals surface area contributed by atoms with Gasteiger partial charge in [0.1, 0.15) is 0 Å². The van der Waals surface area contributed by atoms with Crippen LogP contribution in [0.1, 0.15) is 37.3 Å². The van der Waals surface area contributed by atoms with Gasteiger partial charge in [0.05, 0.1) is 6.54 Å². The molecular formula is C22H31N3O2. The molecule has 1 aromatic rings. The second kappa shape index (κ2) is 9.18. The highest BCUT2D eigenvalue weighted by atomic mass is 16.2. The Bertz CT molecular complexity index is 675. The number of piperazine rings is 1. The van der Waals surface area contributed by atoms with E-state index in [0.717, 1.165) is 38.0 Å². The molecule has 2 aliphatic heterocycles. The SMILES string of the molecule is Cc1ccc(C=CC(=O)N2CCN(CC(=O)N3CCCCC3C)CC2)cc1. The summed E-state index contributed by atoms with van der Waals surface area (Å²) >= 11 is 0. The molecule has 2 amide bonds. The van der Waals surface area contributed by atoms with Gasteiger partial charge < -0.3 is 9.80 Å². The summed E-state index contributed by atoms with van der Waals surface area (Å²) in [6, 6.07) is 8.49. The molecule has 2 fully saturated rings. The lowest BCUT2D eigenvalue weighted by Gasteiger charge is -2.37. The predicted molar refractivity (Wildman–Crippen MR) is 108 cm³/mol. The van der Waals surface area contributed by atoms with Crippen LogP contribution in [0, 0.1) is 6.92 Å². The lowest BCUT2D eigenvalue weighted by Crippen LogP contribution is -2.52. The van der Waals surface area contributed by atoms with Crippen molar-refractivity contribution in [1.82, 2.24) is 14.7 Å². The maximum atomic E-state index is 12.6. The van der Waals surface area contributed by atoms with E-state index in [-0.39, 0.29) is 11.8 Å². The third-order valence-electron chi connectivity index (χ3n) is 5.66. The summed E-state index contributed by atoms with van der Waals surface area (Å²) in [5, 5.41) is 0. The topological polar surface area (TPSA) is 43.9 Å². The van der Waals surface area contributed by atoms with E-state index in [1.807, 2.05) is 40.1 Å². The number of carbonyl (C=O) groups is 2. The second-order valence-corrected chi connectivity index (χ2v) is 7.78. The van der Waals surface area contributed by atoms with Crippen LogP contribution in [0.3, 0.4) is 0 Å². The largest absolute Gasteiger partial charge is 0.339 e. The van der Waals surface area contributed by atoms with E-state index < -0.39 is 0 Å². The summed E-state index contributed by atoms with van der Waals surface area (Å²) in [5.41, 5.74) is 2.25. The van der Waals surface area contributed by atoms with Gasteiger partial charge in [-0.05, 0) is 44.7 Å². The minimum Gasteiger partial charge on any atom is -0.339 e. The first-order valence-electron chi connectivity index (χ1n) is 10.1. The standard InChI is InChI=1S/C22H31N3O2/c1-18-6-8-20(9-7-18)10-11-21(26)24-15-13-23(14-16-24)17-22(27)25-12-4-3-5-19(25)2/h6-11,19H,3-5,12-17H2,1-2H3. The van der Waals surface area contributed by atoms with Crippen molar-refractivity contribution in [1.29, 1.82) is 0 Å². The van der Waals surface area contributed by atoms with Crippen molar-refractivity contribution in [3.05, 3.63) is 41.5 Å². The Morgan fingerprint density at radius 1 is 1.04 bits per heavy atom. The van der Waals surface area contributed by atoms with Crippen LogP contribution in [0.15, 0.2) is 30.3 Å². The maximum Gasteiger partial charge on any atom is 0.246 e. The molecule has 0 N–H and O–H groups in total. The van der Waals surface area contributed by atoms with Gasteiger partial charge in [0.15, 0.2) is 0 Å². The lowest BCUT2D eigenvalue weighted by molar-refractivity contribution is -0.136. The molecule has 146 valence electrons. The van der Waals surface area contributed by atoms with Gasteiger partial charge in [-0.15, -0.1) is 0 Å². The molecule has 3 rings (SSSR count). The zero-order chi connectivity index (χ0) is 19.2. The average Bonchev–Trinajstić information content (AvgIpc) is 2.68. The average molecular weight is 370 g/mol. The van der Waals surface area contributed by atoms with Gasteiger partial charge >= 0.3 is 0 Å². The fourth-order valence-corrected chi connectivity index (χ4v) is 3.83. The molecule has 1 aromatic carbocycles. The Kier molecular flexibility index (Phi) is 6.67. The van der Waals surface area contributed by atoms with Crippen molar-refractivity contribution in [2.75, 3.05) is 39.3 Å². The molecule has 0 spiro atoms. The fourth-order valence-electron chi connectivity index (χ4n) is 3.83. The van der Waals surface area contributed by atoms with Crippen molar-refractivity contribution < 1.29 is 9.59 Å². The zero-order valence-corrected chi connectivity index (χ0v) is 16.6. The van der Waals surface area contributed by atoms with Crippen LogP contribution < -0.4 is 0 Å². The normalized spacial score (nSPS) is 21.6. The van der Waals surface area contributed by atoms with Crippen LogP contribution in [0.4, 0.5) is 0 Å². The van der Waals surface area contributed by atoms with Gasteiger partial charge in [-0.3, -0.25) is 14.5 Å². The van der Waals surface area contributed by atoms with E-state index in [1.165, 1.54) is 12.0 Å². The summed E-state index contributed by atoms with van der Waals surface area (Å²) in [6.45, 7) is 8.45. The molecule has 5 nitrogen and oxygen atoms in total. The van der Waals surface area contributed by atoms with Crippen LogP contribution in [0.25, 0.3) is 6.08 Å². The summed E-state index contributed by atoms with van der Waals surface area (Å²) < 4.78 is 0. The van der Waals surface area contributed by atoms with Crippen LogP contribution in [0.2, 0.25) is 0 Å². The van der Waals surface area contributed by atoms with Crippen LogP contribution in [-0.2, 0) is 9.59 Å². The number of nitrogens with zero attached hydrogens (tertiary/aromatic N) is 3. The number of aryl methyl sites for hydroxylation is 1. The van der Waals surface area contributed by atoms with Crippen LogP contribution in [-0.4, -0.2) is 71.8 Å². The van der Waals surface area contributed by atoms with Gasteiger partial charge in [-0.2, -0.15) is 0 Å². The van der Waals surface area contributed by atoms with Gasteiger partial charge in [0.25, 0.3) is 0 Å². The highest BCUT2D eigenvalue weighted by Crippen LogP contribution is 2.17. The molecular weight excluding hydrogens is 338 g/mol. The number of hydrogen-bond donors (Lipinski definition) is 0. The van der Waals surface area contributed by atoms with Gasteiger partial charge in [0, 0.05) is 44.8 Å². The third-order valence-corrected chi connectivity index (χ3v) is 5.66. The van der Waals surface area contributed by atoms with E-state index in [2.05, 4.69) is 18.7 Å². The van der Waals surface area contributed by atoms with E-state index in [9.17, 15) is 9.59 Å². The smallest absolute Gasteiger partial charge is 0.246 e. The maximum absolute atomic E-state index is 12.6. The van der Waals surface area contributed by atoms with Crippen molar-refractivity contribution in [2.45, 2.75) is 39.2 Å². The fraction of sp³-hybridized carbons (Fsp3) is 0.545. The first-order chi connectivity index (χ1) is 13.0. The van der Waals surface area contributed by atoms with Crippen molar-refractivity contribution in [3.63, 3.8) is 0 Å². The lowest BCUT2D eigenvalue weighted by atomic mass is 10.0. The first-order valence-corrected chi connectivity index (χ1v) is 10.1. The van der Waals surface area contributed by atoms with E-state index in [4.69, 9.17) is 0 Å². The Morgan fingerprint density at radius 2 is 1.74 bits per heavy atom. The van der Waals surface area contributed by atoms with Crippen LogP contribution >= 0.6 is 0 Å². The molecule has 1 unspecified atom stereocenters. The molecule has 5 heteroatoms. The minimum atomic E-state index is 0.0474. The number of rotatable bonds is 4. The Labute approximate surface area is 162 Å². The first kappa shape index (κ1) is 19.6. The monoisotopic (exact) mass is 369 g/mol. The molecule has 1 atom stereocenters. The molecule has 0 aliphatic carbocycles. The number of likely N-dealkylation sites (tertiary alicyclic amines) is 1. The van der Waals surface area contributed by atoms with Crippen molar-refractivity contribution >= 4 is 17.9 Å². The quantitative estimate of drug-likeness (QED) is 0.766. The molecule has 27 heavy (non-hydrogen) atoms. The molecule has 0 saturated carbocycles. The summed E-state index contributed by atoms with van der Waals surface area (Å²) in [6.07, 6.45) is 6.98. The molecule has 2 aliphatic rings. The molecule has 2 saturated heterocycles. The van der Waals surface area contributed by atoms with Crippen molar-refractivity contribution in [3.8, 4) is 0 Å². The van der Waals surface area contributed by atoms with Gasteiger partial charge in [0.2, 0.25) is 11.8 Å². The Hall–Kier alpha value is -2.14. The number of carbonyl (C=O) groups excluding carboxylic acids is 2. The van der Waals surface area contributed by atoms with Crippen LogP contribution in [0.5, 0.6) is 0 Å². The second-order valence-electron chi connectivity index (χ2n) is 7.78. The van der Waals surface area contributed by atoms with Gasteiger partial charge in [-0.1, -0.05) is 29.8 Å².